The zero-order chi connectivity index (χ0) is 22.0. The third-order valence-electron chi connectivity index (χ3n) is 6.06. The third kappa shape index (κ3) is 4.01. The second kappa shape index (κ2) is 8.81. The monoisotopic (exact) mass is 421 g/mol. The highest BCUT2D eigenvalue weighted by Crippen LogP contribution is 2.43. The fraction of sp³-hybridized carbons (Fsp3) is 0.333. The molecule has 0 aromatic heterocycles. The number of fused-ring (bicyclic) bond motifs is 1. The summed E-state index contributed by atoms with van der Waals surface area (Å²) in [5.41, 5.74) is 2.81. The highest BCUT2D eigenvalue weighted by Gasteiger charge is 2.54. The van der Waals surface area contributed by atoms with Crippen LogP contribution in [0.2, 0.25) is 0 Å². The van der Waals surface area contributed by atoms with E-state index in [1.807, 2.05) is 43.3 Å². The molecule has 7 heteroatoms. The maximum atomic E-state index is 12.8. The molecule has 0 radical (unpaired) electrons. The predicted octanol–water partition coefficient (Wildman–Crippen LogP) is 2.93. The number of rotatable bonds is 5. The second-order valence-electron chi connectivity index (χ2n) is 7.85. The number of urea groups is 1. The van der Waals surface area contributed by atoms with Gasteiger partial charge in [0.1, 0.15) is 12.3 Å². The first-order valence-electron chi connectivity index (χ1n) is 10.4. The molecule has 4 rings (SSSR count). The van der Waals surface area contributed by atoms with Crippen LogP contribution >= 0.6 is 0 Å². The summed E-state index contributed by atoms with van der Waals surface area (Å²) in [6.45, 7) is 2.30. The van der Waals surface area contributed by atoms with Crippen molar-refractivity contribution >= 4 is 23.7 Å². The van der Waals surface area contributed by atoms with E-state index < -0.39 is 0 Å². The normalized spacial score (nSPS) is 22.8. The number of methoxy groups -OCH3 is 1. The number of carbonyl (C=O) groups is 2. The van der Waals surface area contributed by atoms with Gasteiger partial charge in [-0.1, -0.05) is 36.4 Å². The van der Waals surface area contributed by atoms with E-state index in [0.717, 1.165) is 11.1 Å². The number of ether oxygens (including phenoxy) is 1. The maximum Gasteiger partial charge on any atom is 0.322 e. The Kier molecular flexibility index (Phi) is 5.95. The van der Waals surface area contributed by atoms with Crippen LogP contribution in [0.1, 0.15) is 24.0 Å². The van der Waals surface area contributed by atoms with E-state index in [1.54, 1.807) is 41.2 Å². The topological polar surface area (TPSA) is 82.1 Å². The third-order valence-corrected chi connectivity index (χ3v) is 6.06. The van der Waals surface area contributed by atoms with E-state index in [9.17, 15) is 14.7 Å². The number of benzene rings is 2. The lowest BCUT2D eigenvalue weighted by Crippen LogP contribution is -2.73. The molecule has 31 heavy (non-hydrogen) atoms. The minimum Gasteiger partial charge on any atom is -0.497 e. The number of carbonyl (C=O) groups excluding carboxylic acids is 2. The number of hydrogen-bond acceptors (Lipinski definition) is 4. The van der Waals surface area contributed by atoms with Gasteiger partial charge in [-0.15, -0.1) is 0 Å². The number of amides is 3. The molecule has 162 valence electrons. The summed E-state index contributed by atoms with van der Waals surface area (Å²) in [5, 5.41) is 12.8. The molecule has 0 aliphatic carbocycles. The average Bonchev–Trinajstić information content (AvgIpc) is 2.77. The average molecular weight is 421 g/mol. The highest BCUT2D eigenvalue weighted by molar-refractivity contribution is 5.93. The van der Waals surface area contributed by atoms with Crippen molar-refractivity contribution in [3.05, 3.63) is 65.7 Å². The lowest BCUT2D eigenvalue weighted by Gasteiger charge is -2.58. The summed E-state index contributed by atoms with van der Waals surface area (Å²) < 4.78 is 5.14. The largest absolute Gasteiger partial charge is 0.497 e. The molecular formula is C24H27N3O4. The summed E-state index contributed by atoms with van der Waals surface area (Å²) >= 11 is 0. The molecule has 2 saturated heterocycles. The minimum absolute atomic E-state index is 0.00193. The first-order chi connectivity index (χ1) is 15.0. The molecule has 0 saturated carbocycles. The van der Waals surface area contributed by atoms with E-state index >= 15 is 0 Å². The molecule has 2 heterocycles. The van der Waals surface area contributed by atoms with Crippen LogP contribution < -0.4 is 10.1 Å². The lowest BCUT2D eigenvalue weighted by molar-refractivity contribution is -0.159. The standard InChI is InChI=1S/C24H27N3O4/c1-3-4-16-5-7-17(8-6-16)23-20-13-26(14-22(29)27(20)21(23)15-28)24(30)25-18-9-11-19(31-2)12-10-18/h3-12,20-21,23,28H,13-15H2,1-2H3,(H,25,30)/b4-3+/t20-,21+,23+/m0/s1. The fourth-order valence-electron chi connectivity index (χ4n) is 4.55. The molecule has 2 aliphatic rings. The molecule has 0 bridgehead atoms. The van der Waals surface area contributed by atoms with Crippen LogP contribution in [-0.4, -0.2) is 65.7 Å². The Hall–Kier alpha value is -3.32. The Morgan fingerprint density at radius 2 is 1.90 bits per heavy atom. The zero-order valence-corrected chi connectivity index (χ0v) is 17.7. The van der Waals surface area contributed by atoms with Gasteiger partial charge >= 0.3 is 6.03 Å². The van der Waals surface area contributed by atoms with Crippen molar-refractivity contribution in [3.8, 4) is 5.75 Å². The number of nitrogens with one attached hydrogen (secondary N) is 1. The predicted molar refractivity (Wildman–Crippen MR) is 119 cm³/mol. The molecule has 3 atom stereocenters. The van der Waals surface area contributed by atoms with E-state index in [-0.39, 0.29) is 43.1 Å². The van der Waals surface area contributed by atoms with Crippen molar-refractivity contribution < 1.29 is 19.4 Å². The molecule has 2 N–H and O–H groups in total. The molecule has 3 amide bonds. The number of piperazine rings is 1. The fourth-order valence-corrected chi connectivity index (χ4v) is 4.55. The van der Waals surface area contributed by atoms with Crippen molar-refractivity contribution in [2.75, 3.05) is 32.1 Å². The summed E-state index contributed by atoms with van der Waals surface area (Å²) in [6, 6.07) is 14.5. The SMILES string of the molecule is C/C=C/c1ccc([C@H]2[C@@H](CO)N3C(=O)CN(C(=O)Nc4ccc(OC)cc4)C[C@@H]23)cc1. The first-order valence-corrected chi connectivity index (χ1v) is 10.4. The van der Waals surface area contributed by atoms with Gasteiger partial charge in [0.05, 0.1) is 25.8 Å². The van der Waals surface area contributed by atoms with Crippen molar-refractivity contribution in [1.29, 1.82) is 0 Å². The Labute approximate surface area is 181 Å². The Bertz CT molecular complexity index is 971. The number of anilines is 1. The summed E-state index contributed by atoms with van der Waals surface area (Å²) in [7, 11) is 1.58. The molecule has 2 aliphatic heterocycles. The van der Waals surface area contributed by atoms with Crippen LogP contribution in [-0.2, 0) is 4.79 Å². The minimum atomic E-state index is -0.312. The van der Waals surface area contributed by atoms with Crippen LogP contribution in [0.15, 0.2) is 54.6 Å². The van der Waals surface area contributed by atoms with Crippen molar-refractivity contribution in [3.63, 3.8) is 0 Å². The molecule has 0 spiro atoms. The van der Waals surface area contributed by atoms with Crippen molar-refractivity contribution in [2.45, 2.75) is 24.9 Å². The van der Waals surface area contributed by atoms with Gasteiger partial charge < -0.3 is 25.0 Å². The van der Waals surface area contributed by atoms with Crippen LogP contribution in [0.25, 0.3) is 6.08 Å². The molecular weight excluding hydrogens is 394 g/mol. The van der Waals surface area contributed by atoms with E-state index in [2.05, 4.69) is 5.32 Å². The molecule has 2 fully saturated rings. The van der Waals surface area contributed by atoms with Crippen LogP contribution in [0.4, 0.5) is 10.5 Å². The molecule has 2 aromatic rings. The first kappa shape index (κ1) is 20.9. The second-order valence-corrected chi connectivity index (χ2v) is 7.85. The summed E-state index contributed by atoms with van der Waals surface area (Å²) in [6.07, 6.45) is 4.01. The van der Waals surface area contributed by atoms with Crippen molar-refractivity contribution in [1.82, 2.24) is 9.80 Å². The van der Waals surface area contributed by atoms with Gasteiger partial charge in [0.15, 0.2) is 0 Å². The lowest BCUT2D eigenvalue weighted by atomic mass is 9.73. The zero-order valence-electron chi connectivity index (χ0n) is 17.7. The van der Waals surface area contributed by atoms with Gasteiger partial charge in [-0.3, -0.25) is 4.79 Å². The number of aliphatic hydroxyl groups excluding tert-OH is 1. The molecule has 0 unspecified atom stereocenters. The molecule has 2 aromatic carbocycles. The van der Waals surface area contributed by atoms with E-state index in [4.69, 9.17) is 4.74 Å². The van der Waals surface area contributed by atoms with Gasteiger partial charge in [-0.05, 0) is 42.3 Å². The smallest absolute Gasteiger partial charge is 0.322 e. The number of aliphatic hydroxyl groups is 1. The Balaban J connectivity index is 1.49. The van der Waals surface area contributed by atoms with Crippen molar-refractivity contribution in [2.24, 2.45) is 0 Å². The Morgan fingerprint density at radius 1 is 1.19 bits per heavy atom. The van der Waals surface area contributed by atoms with Gasteiger partial charge in [0.2, 0.25) is 5.91 Å². The van der Waals surface area contributed by atoms with E-state index in [0.29, 0.717) is 18.0 Å². The van der Waals surface area contributed by atoms with Crippen LogP contribution in [0, 0.1) is 0 Å². The highest BCUT2D eigenvalue weighted by atomic mass is 16.5. The number of nitrogens with zero attached hydrogens (tertiary/aromatic N) is 2. The van der Waals surface area contributed by atoms with Crippen LogP contribution in [0.5, 0.6) is 5.75 Å². The van der Waals surface area contributed by atoms with Gasteiger partial charge in [-0.2, -0.15) is 0 Å². The number of allylic oxidation sites excluding steroid dienone is 1. The van der Waals surface area contributed by atoms with Gasteiger partial charge in [-0.25, -0.2) is 4.79 Å². The van der Waals surface area contributed by atoms with E-state index in [1.165, 1.54) is 0 Å². The molecule has 7 nitrogen and oxygen atoms in total. The Morgan fingerprint density at radius 3 is 2.52 bits per heavy atom. The summed E-state index contributed by atoms with van der Waals surface area (Å²) in [5.74, 6) is 0.557. The number of hydrogen-bond donors (Lipinski definition) is 2. The maximum absolute atomic E-state index is 12.8. The van der Waals surface area contributed by atoms with Gasteiger partial charge in [0, 0.05) is 18.2 Å². The quantitative estimate of drug-likeness (QED) is 0.778. The van der Waals surface area contributed by atoms with Crippen LogP contribution in [0.3, 0.4) is 0 Å². The summed E-state index contributed by atoms with van der Waals surface area (Å²) in [4.78, 5) is 28.9. The van der Waals surface area contributed by atoms with Gasteiger partial charge in [0.25, 0.3) is 0 Å².